The first-order valence-corrected chi connectivity index (χ1v) is 9.74. The minimum Gasteiger partial charge on any atom is -0.478 e. The number of carboxylic acids is 1. The van der Waals surface area contributed by atoms with Crippen molar-refractivity contribution in [2.45, 2.75) is 32.6 Å². The highest BCUT2D eigenvalue weighted by Gasteiger charge is 2.64. The SMILES string of the molecule is C[C@]12CCCC[C@@H]1[C@H]2C(=O)N/N=C\c1ccc(-c2ccc(Cl)c(C(=O)O)c2)o1. The molecule has 2 N–H and O–H groups in total. The topological polar surface area (TPSA) is 91.9 Å². The highest BCUT2D eigenvalue weighted by atomic mass is 35.5. The number of halogens is 1. The molecule has 2 saturated carbocycles. The minimum atomic E-state index is -1.10. The quantitative estimate of drug-likeness (QED) is 0.567. The van der Waals surface area contributed by atoms with Crippen LogP contribution in [0.3, 0.4) is 0 Å². The van der Waals surface area contributed by atoms with E-state index >= 15 is 0 Å². The van der Waals surface area contributed by atoms with Gasteiger partial charge < -0.3 is 9.52 Å². The molecule has 1 amide bonds. The van der Waals surface area contributed by atoms with Crippen LogP contribution in [0, 0.1) is 17.3 Å². The summed E-state index contributed by atoms with van der Waals surface area (Å²) in [5.74, 6) is 0.371. The number of hydrazone groups is 1. The summed E-state index contributed by atoms with van der Waals surface area (Å²) in [6, 6.07) is 8.09. The monoisotopic (exact) mass is 400 g/mol. The van der Waals surface area contributed by atoms with Crippen LogP contribution in [0.4, 0.5) is 0 Å². The predicted molar refractivity (Wildman–Crippen MR) is 105 cm³/mol. The molecule has 2 fully saturated rings. The molecule has 146 valence electrons. The van der Waals surface area contributed by atoms with Crippen LogP contribution in [0.2, 0.25) is 5.02 Å². The molecule has 4 rings (SSSR count). The second kappa shape index (κ2) is 7.09. The van der Waals surface area contributed by atoms with Crippen LogP contribution < -0.4 is 5.43 Å². The van der Waals surface area contributed by atoms with Gasteiger partial charge >= 0.3 is 5.97 Å². The van der Waals surface area contributed by atoms with E-state index in [0.717, 1.165) is 12.8 Å². The van der Waals surface area contributed by atoms with Gasteiger partial charge in [-0.05, 0) is 54.5 Å². The van der Waals surface area contributed by atoms with E-state index < -0.39 is 5.97 Å². The molecular formula is C21H21ClN2O4. The zero-order valence-corrected chi connectivity index (χ0v) is 16.2. The Bertz CT molecular complexity index is 967. The van der Waals surface area contributed by atoms with Gasteiger partial charge in [-0.15, -0.1) is 0 Å². The van der Waals surface area contributed by atoms with E-state index in [-0.39, 0.29) is 27.8 Å². The second-order valence-electron chi connectivity index (χ2n) is 7.77. The van der Waals surface area contributed by atoms with E-state index in [2.05, 4.69) is 17.5 Å². The standard InChI is InChI=1S/C21H21ClN2O4/c1-21-9-3-2-4-15(21)18(21)19(25)24-23-11-13-6-8-17(28-13)12-5-7-16(22)14(10-12)20(26)27/h5-8,10-11,15,18H,2-4,9H2,1H3,(H,24,25)(H,26,27)/b23-11-/t15-,18+,21+/m1/s1. The Morgan fingerprint density at radius 1 is 1.32 bits per heavy atom. The molecule has 3 atom stereocenters. The first kappa shape index (κ1) is 18.7. The summed E-state index contributed by atoms with van der Waals surface area (Å²) in [5, 5.41) is 13.4. The van der Waals surface area contributed by atoms with Crippen LogP contribution >= 0.6 is 11.6 Å². The van der Waals surface area contributed by atoms with Crippen molar-refractivity contribution in [1.82, 2.24) is 5.43 Å². The van der Waals surface area contributed by atoms with Gasteiger partial charge in [0.15, 0.2) is 0 Å². The largest absolute Gasteiger partial charge is 0.478 e. The lowest BCUT2D eigenvalue weighted by atomic mass is 9.90. The number of aromatic carboxylic acids is 1. The molecule has 2 aliphatic rings. The Balaban J connectivity index is 1.41. The number of hydrogen-bond acceptors (Lipinski definition) is 4. The van der Waals surface area contributed by atoms with Crippen molar-refractivity contribution < 1.29 is 19.1 Å². The lowest BCUT2D eigenvalue weighted by Crippen LogP contribution is -2.22. The maximum atomic E-state index is 12.4. The molecule has 2 aliphatic carbocycles. The number of benzene rings is 1. The van der Waals surface area contributed by atoms with Gasteiger partial charge in [-0.2, -0.15) is 5.10 Å². The third-order valence-corrected chi connectivity index (χ3v) is 6.42. The maximum absolute atomic E-state index is 12.4. The van der Waals surface area contributed by atoms with E-state index in [1.807, 2.05) is 0 Å². The fourth-order valence-corrected chi connectivity index (χ4v) is 4.70. The van der Waals surface area contributed by atoms with E-state index in [0.29, 0.717) is 23.0 Å². The van der Waals surface area contributed by atoms with Crippen LogP contribution in [0.5, 0.6) is 0 Å². The Labute approximate surface area is 167 Å². The van der Waals surface area contributed by atoms with Crippen molar-refractivity contribution in [1.29, 1.82) is 0 Å². The zero-order chi connectivity index (χ0) is 19.9. The van der Waals surface area contributed by atoms with Gasteiger partial charge in [0.05, 0.1) is 16.8 Å². The molecule has 0 unspecified atom stereocenters. The third-order valence-electron chi connectivity index (χ3n) is 6.09. The van der Waals surface area contributed by atoms with Gasteiger partial charge in [-0.1, -0.05) is 31.4 Å². The van der Waals surface area contributed by atoms with Crippen molar-refractivity contribution >= 4 is 29.7 Å². The normalized spacial score (nSPS) is 26.1. The van der Waals surface area contributed by atoms with Crippen molar-refractivity contribution in [3.63, 3.8) is 0 Å². The predicted octanol–water partition coefficient (Wildman–Crippen LogP) is 4.57. The summed E-state index contributed by atoms with van der Waals surface area (Å²) in [6.45, 7) is 2.20. The molecule has 7 heteroatoms. The molecule has 28 heavy (non-hydrogen) atoms. The van der Waals surface area contributed by atoms with Crippen LogP contribution in [-0.2, 0) is 4.79 Å². The molecule has 1 aromatic carbocycles. The van der Waals surface area contributed by atoms with Crippen LogP contribution in [0.1, 0.15) is 48.7 Å². The van der Waals surface area contributed by atoms with Crippen molar-refractivity contribution in [3.8, 4) is 11.3 Å². The van der Waals surface area contributed by atoms with Crippen LogP contribution in [0.25, 0.3) is 11.3 Å². The van der Waals surface area contributed by atoms with Crippen LogP contribution in [-0.4, -0.2) is 23.2 Å². The molecule has 0 aliphatic heterocycles. The first-order valence-electron chi connectivity index (χ1n) is 9.36. The molecule has 6 nitrogen and oxygen atoms in total. The summed E-state index contributed by atoms with van der Waals surface area (Å²) in [4.78, 5) is 23.6. The van der Waals surface area contributed by atoms with Crippen molar-refractivity contribution in [2.24, 2.45) is 22.4 Å². The third kappa shape index (κ3) is 3.33. The molecule has 0 bridgehead atoms. The van der Waals surface area contributed by atoms with Crippen molar-refractivity contribution in [3.05, 3.63) is 46.7 Å². The number of furan rings is 1. The Morgan fingerprint density at radius 3 is 2.86 bits per heavy atom. The number of nitrogens with one attached hydrogen (secondary N) is 1. The molecular weight excluding hydrogens is 380 g/mol. The van der Waals surface area contributed by atoms with Crippen molar-refractivity contribution in [2.75, 3.05) is 0 Å². The highest BCUT2D eigenvalue weighted by molar-refractivity contribution is 6.33. The Hall–Kier alpha value is -2.60. The fraction of sp³-hybridized carbons (Fsp3) is 0.381. The molecule has 1 aromatic heterocycles. The maximum Gasteiger partial charge on any atom is 0.337 e. The Morgan fingerprint density at radius 2 is 2.14 bits per heavy atom. The number of rotatable bonds is 5. The van der Waals surface area contributed by atoms with E-state index in [1.54, 1.807) is 18.2 Å². The second-order valence-corrected chi connectivity index (χ2v) is 8.18. The number of carboxylic acid groups (broad SMARTS) is 1. The fourth-order valence-electron chi connectivity index (χ4n) is 4.50. The van der Waals surface area contributed by atoms with Gasteiger partial charge in [0.1, 0.15) is 11.5 Å². The van der Waals surface area contributed by atoms with Gasteiger partial charge in [0.25, 0.3) is 0 Å². The summed E-state index contributed by atoms with van der Waals surface area (Å²) in [7, 11) is 0. The lowest BCUT2D eigenvalue weighted by Gasteiger charge is -2.15. The summed E-state index contributed by atoms with van der Waals surface area (Å²) < 4.78 is 5.68. The number of hydrogen-bond donors (Lipinski definition) is 2. The lowest BCUT2D eigenvalue weighted by molar-refractivity contribution is -0.123. The molecule has 0 spiro atoms. The molecule has 2 aromatic rings. The minimum absolute atomic E-state index is 0.0115. The molecule has 1 heterocycles. The highest BCUT2D eigenvalue weighted by Crippen LogP contribution is 2.66. The smallest absolute Gasteiger partial charge is 0.337 e. The van der Waals surface area contributed by atoms with E-state index in [4.69, 9.17) is 16.0 Å². The van der Waals surface area contributed by atoms with E-state index in [9.17, 15) is 14.7 Å². The number of carbonyl (C=O) groups is 2. The number of fused-ring (bicyclic) bond motifs is 1. The van der Waals surface area contributed by atoms with Gasteiger partial charge in [0, 0.05) is 11.5 Å². The van der Waals surface area contributed by atoms with Crippen LogP contribution in [0.15, 0.2) is 39.9 Å². The summed E-state index contributed by atoms with van der Waals surface area (Å²) >= 11 is 5.89. The van der Waals surface area contributed by atoms with Gasteiger partial charge in [-0.25, -0.2) is 10.2 Å². The summed E-state index contributed by atoms with van der Waals surface area (Å²) in [6.07, 6.45) is 6.09. The summed E-state index contributed by atoms with van der Waals surface area (Å²) in [5.41, 5.74) is 3.38. The van der Waals surface area contributed by atoms with Gasteiger partial charge in [-0.3, -0.25) is 4.79 Å². The number of amides is 1. The average Bonchev–Trinajstić information content (AvgIpc) is 3.02. The van der Waals surface area contributed by atoms with Gasteiger partial charge in [0.2, 0.25) is 5.91 Å². The number of carbonyl (C=O) groups excluding carboxylic acids is 1. The molecule has 0 saturated heterocycles. The Kier molecular flexibility index (Phi) is 4.75. The number of nitrogens with zero attached hydrogens (tertiary/aromatic N) is 1. The first-order chi connectivity index (χ1) is 13.4. The van der Waals surface area contributed by atoms with E-state index in [1.165, 1.54) is 31.2 Å². The molecule has 0 radical (unpaired) electrons. The zero-order valence-electron chi connectivity index (χ0n) is 15.4. The average molecular weight is 401 g/mol.